The van der Waals surface area contributed by atoms with Crippen LogP contribution < -0.4 is 0 Å². The van der Waals surface area contributed by atoms with Crippen molar-refractivity contribution >= 4 is 150 Å². The van der Waals surface area contributed by atoms with E-state index in [9.17, 15) is 0 Å². The Labute approximate surface area is 734 Å². The minimum atomic E-state index is 1.11. The Kier molecular flexibility index (Phi) is 16.4. The topological polar surface area (TPSA) is 19.7 Å². The Hall–Kier alpha value is -16.0. The van der Waals surface area contributed by atoms with Crippen molar-refractivity contribution in [3.05, 3.63) is 449 Å². The van der Waals surface area contributed by atoms with Gasteiger partial charge in [-0.3, -0.25) is 0 Å². The highest BCUT2D eigenvalue weighted by Gasteiger charge is 2.23. The fourth-order valence-electron chi connectivity index (χ4n) is 20.2. The molecule has 0 aliphatic rings. The Bertz CT molecular complexity index is 8870. The van der Waals surface area contributed by atoms with E-state index < -0.39 is 0 Å². The SMILES string of the molecule is c1ccc(-c2ccc3c4ccc(-c5ccc(-c6cccc(-c7ccc8c9ccc(-c%10ccccc%10)cc9n(-c9ccc(-c%10ccc(-c%11ccc(-n%12c%13ccccc%13c%13cc%14c(cc%13%12)sc%12ccccc%12%14)cc%11)cc%10)cc9)c8c7)c6)cc5)cc4n(-c4ccc(-c5ccc(-c6ccc(-n7c8ccccc8c8c9c(ccc87)sc7ccccc79)cc6)cc5)cc4)c3c2)cc1. The van der Waals surface area contributed by atoms with Gasteiger partial charge in [-0.05, 0) is 228 Å². The number of benzene rings is 20. The standard InChI is InChI=1S/C120H74N4S2/c1-3-16-75(17-4-1)89-50-62-98-100-64-52-91(71-112(100)123(110(98)69-89)95-58-46-83(47-59-95)79-34-30-77(31-35-79)81-42-54-93(55-43-81)121-108-27-12-8-24-103(108)119-109(121)66-67-117-120(119)104-25-10-14-29-116(104)125-117)86-40-38-85(39-41-86)87-20-15-21-88(68-87)92-53-65-101-99-63-51-90(76-18-5-2-6-19-76)70-111(99)124(113(101)72-92)96-60-48-84(49-61-96)80-36-32-78(33-37-80)82-44-56-94(57-45-82)122-107-26-11-7-22-97(107)105-73-106-102-23-9-13-28-115(102)126-118(106)74-114(105)122/h1-74H. The van der Waals surface area contributed by atoms with Crippen molar-refractivity contribution < 1.29 is 0 Å². The van der Waals surface area contributed by atoms with Crippen LogP contribution in [0.25, 0.3) is 250 Å². The Morgan fingerprint density at radius 2 is 0.397 bits per heavy atom. The van der Waals surface area contributed by atoms with Crippen LogP contribution in [0.5, 0.6) is 0 Å². The third-order valence-corrected chi connectivity index (χ3v) is 28.7. The van der Waals surface area contributed by atoms with E-state index >= 15 is 0 Å². The molecular formula is C120H74N4S2. The second-order valence-electron chi connectivity index (χ2n) is 33.4. The van der Waals surface area contributed by atoms with Gasteiger partial charge in [-0.2, -0.15) is 0 Å². The molecule has 0 radical (unpaired) electrons. The molecule has 0 saturated heterocycles. The van der Waals surface area contributed by atoms with E-state index in [1.54, 1.807) is 0 Å². The summed E-state index contributed by atoms with van der Waals surface area (Å²) in [6.07, 6.45) is 0. The zero-order valence-corrected chi connectivity index (χ0v) is 70.0. The summed E-state index contributed by atoms with van der Waals surface area (Å²) in [5, 5.41) is 15.3. The van der Waals surface area contributed by atoms with Crippen molar-refractivity contribution in [1.82, 2.24) is 18.3 Å². The van der Waals surface area contributed by atoms with Crippen LogP contribution in [-0.4, -0.2) is 18.3 Å². The number of fused-ring (bicyclic) bond motifs is 19. The molecule has 126 heavy (non-hydrogen) atoms. The molecule has 26 rings (SSSR count). The van der Waals surface area contributed by atoms with Crippen LogP contribution in [0.3, 0.4) is 0 Å². The lowest BCUT2D eigenvalue weighted by Gasteiger charge is -2.12. The second-order valence-corrected chi connectivity index (χ2v) is 35.6. The molecular weight excluding hydrogens is 1560 g/mol. The van der Waals surface area contributed by atoms with E-state index in [4.69, 9.17) is 0 Å². The lowest BCUT2D eigenvalue weighted by atomic mass is 9.96. The first-order chi connectivity index (χ1) is 62.4. The van der Waals surface area contributed by atoms with E-state index in [1.807, 2.05) is 22.7 Å². The summed E-state index contributed by atoms with van der Waals surface area (Å²) in [4.78, 5) is 0. The number of nitrogens with zero attached hydrogens (tertiary/aromatic N) is 4. The van der Waals surface area contributed by atoms with Gasteiger partial charge in [0.05, 0.1) is 44.1 Å². The molecule has 0 spiro atoms. The fourth-order valence-corrected chi connectivity index (χ4v) is 22.5. The predicted molar refractivity (Wildman–Crippen MR) is 539 cm³/mol. The van der Waals surface area contributed by atoms with Crippen LogP contribution in [0.1, 0.15) is 0 Å². The molecule has 0 fully saturated rings. The summed E-state index contributed by atoms with van der Waals surface area (Å²) >= 11 is 3.75. The maximum absolute atomic E-state index is 2.47. The average molecular weight is 1640 g/mol. The number of aromatic nitrogens is 4. The van der Waals surface area contributed by atoms with E-state index in [0.717, 1.165) is 67.2 Å². The molecule has 0 amide bonds. The third-order valence-electron chi connectivity index (χ3n) is 26.4. The van der Waals surface area contributed by atoms with Crippen molar-refractivity contribution in [1.29, 1.82) is 0 Å². The van der Waals surface area contributed by atoms with Gasteiger partial charge in [-0.1, -0.05) is 322 Å². The summed E-state index contributed by atoms with van der Waals surface area (Å²) < 4.78 is 15.1. The quantitative estimate of drug-likeness (QED) is 0.110. The Morgan fingerprint density at radius 1 is 0.119 bits per heavy atom. The second kappa shape index (κ2) is 28.9. The van der Waals surface area contributed by atoms with Crippen LogP contribution in [0.15, 0.2) is 449 Å². The minimum Gasteiger partial charge on any atom is -0.309 e. The first-order valence-electron chi connectivity index (χ1n) is 43.2. The summed E-state index contributed by atoms with van der Waals surface area (Å²) in [6, 6.07) is 167. The highest BCUT2D eigenvalue weighted by atomic mass is 32.1. The van der Waals surface area contributed by atoms with E-state index in [2.05, 4.69) is 467 Å². The maximum Gasteiger partial charge on any atom is 0.0555 e. The predicted octanol–water partition coefficient (Wildman–Crippen LogP) is 33.8. The minimum absolute atomic E-state index is 1.11. The highest BCUT2D eigenvalue weighted by Crippen LogP contribution is 2.48. The van der Waals surface area contributed by atoms with Crippen molar-refractivity contribution in [3.63, 3.8) is 0 Å². The van der Waals surface area contributed by atoms with Crippen LogP contribution >= 0.6 is 22.7 Å². The van der Waals surface area contributed by atoms with Gasteiger partial charge in [0.25, 0.3) is 0 Å². The fraction of sp³-hybridized carbons (Fsp3) is 0. The number of hydrogen-bond donors (Lipinski definition) is 0. The first kappa shape index (κ1) is 71.7. The maximum atomic E-state index is 2.47. The smallest absolute Gasteiger partial charge is 0.0555 e. The summed E-state index contributed by atoms with van der Waals surface area (Å²) in [7, 11) is 0. The van der Waals surface area contributed by atoms with Crippen molar-refractivity contribution in [3.8, 4) is 123 Å². The zero-order valence-electron chi connectivity index (χ0n) is 68.3. The van der Waals surface area contributed by atoms with E-state index in [1.165, 1.54) is 183 Å². The summed E-state index contributed by atoms with van der Waals surface area (Å²) in [5.41, 5.74) is 35.2. The Morgan fingerprint density at radius 3 is 0.841 bits per heavy atom. The van der Waals surface area contributed by atoms with Crippen LogP contribution in [0, 0.1) is 0 Å². The van der Waals surface area contributed by atoms with Crippen molar-refractivity contribution in [2.45, 2.75) is 0 Å². The molecule has 0 atom stereocenters. The lowest BCUT2D eigenvalue weighted by Crippen LogP contribution is -1.95. The normalized spacial score (nSPS) is 12.0. The molecule has 6 heteroatoms. The molecule has 6 aromatic heterocycles. The number of hydrogen-bond acceptors (Lipinski definition) is 2. The largest absolute Gasteiger partial charge is 0.309 e. The summed E-state index contributed by atoms with van der Waals surface area (Å²) in [6.45, 7) is 0. The molecule has 26 aromatic rings. The third kappa shape index (κ3) is 11.7. The van der Waals surface area contributed by atoms with Crippen molar-refractivity contribution in [2.75, 3.05) is 0 Å². The monoisotopic (exact) mass is 1630 g/mol. The first-order valence-corrected chi connectivity index (χ1v) is 44.9. The van der Waals surface area contributed by atoms with E-state index in [0.29, 0.717) is 0 Å². The molecule has 0 bridgehead atoms. The number of rotatable bonds is 13. The molecule has 20 aromatic carbocycles. The van der Waals surface area contributed by atoms with Gasteiger partial charge in [-0.15, -0.1) is 22.7 Å². The molecule has 0 aliphatic carbocycles. The number of thiophene rings is 2. The molecule has 0 aliphatic heterocycles. The van der Waals surface area contributed by atoms with Gasteiger partial charge in [0, 0.05) is 106 Å². The van der Waals surface area contributed by atoms with Gasteiger partial charge >= 0.3 is 0 Å². The molecule has 0 N–H and O–H groups in total. The van der Waals surface area contributed by atoms with Crippen LogP contribution in [0.2, 0.25) is 0 Å². The average Bonchev–Trinajstić information content (AvgIpc) is 1.56. The zero-order chi connectivity index (χ0) is 82.6. The lowest BCUT2D eigenvalue weighted by molar-refractivity contribution is 1.18. The highest BCUT2D eigenvalue weighted by molar-refractivity contribution is 7.26. The Balaban J connectivity index is 0.483. The van der Waals surface area contributed by atoms with Crippen LogP contribution in [0.4, 0.5) is 0 Å². The molecule has 586 valence electrons. The van der Waals surface area contributed by atoms with Gasteiger partial charge in [-0.25, -0.2) is 0 Å². The number of para-hydroxylation sites is 2. The summed E-state index contributed by atoms with van der Waals surface area (Å²) in [5.74, 6) is 0. The van der Waals surface area contributed by atoms with Crippen LogP contribution in [-0.2, 0) is 0 Å². The molecule has 4 nitrogen and oxygen atoms in total. The molecule has 0 unspecified atom stereocenters. The van der Waals surface area contributed by atoms with Crippen molar-refractivity contribution in [2.24, 2.45) is 0 Å². The van der Waals surface area contributed by atoms with Gasteiger partial charge < -0.3 is 18.3 Å². The molecule has 6 heterocycles. The molecule has 0 saturated carbocycles. The van der Waals surface area contributed by atoms with E-state index in [-0.39, 0.29) is 0 Å². The van der Waals surface area contributed by atoms with Gasteiger partial charge in [0.15, 0.2) is 0 Å². The van der Waals surface area contributed by atoms with Gasteiger partial charge in [0.1, 0.15) is 0 Å². The van der Waals surface area contributed by atoms with Gasteiger partial charge in [0.2, 0.25) is 0 Å².